The highest BCUT2D eigenvalue weighted by Gasteiger charge is 2.50. The molecule has 2 heterocycles. The summed E-state index contributed by atoms with van der Waals surface area (Å²) in [6.07, 6.45) is -15.4. The van der Waals surface area contributed by atoms with Gasteiger partial charge in [0.25, 0.3) is 0 Å². The first-order valence-corrected chi connectivity index (χ1v) is 9.66. The molecule has 2 fully saturated rings. The summed E-state index contributed by atoms with van der Waals surface area (Å²) in [4.78, 5) is 0. The molecule has 2 aliphatic rings. The van der Waals surface area contributed by atoms with Gasteiger partial charge in [0.05, 0.1) is 13.2 Å². The molecule has 0 bridgehead atoms. The predicted molar refractivity (Wildman–Crippen MR) is 84.3 cm³/mol. The molecular weight excluding hydrogens is 392 g/mol. The molecule has 0 unspecified atom stereocenters. The Labute approximate surface area is 155 Å². The summed E-state index contributed by atoms with van der Waals surface area (Å²) < 4.78 is 21.1. The predicted octanol–water partition coefficient (Wildman–Crippen LogP) is -7.02. The molecule has 0 amide bonds. The summed E-state index contributed by atoms with van der Waals surface area (Å²) in [6.45, 7) is -1.39. The Morgan fingerprint density at radius 2 is 1.26 bits per heavy atom. The standard InChI is InChI=1S/C13H26O13Si/c14-1-3-5(16)7(18)9(20)11(23-3)25-12-10(26-27-13(21)22)8(19)6(17)4(2-15)24-12/h3-22H,1-2,27H2/t3-,4-,5-,6-,7+,8+,9-,10-,11-,12-/m1/s1. The second kappa shape index (κ2) is 9.95. The Kier molecular flexibility index (Phi) is 8.47. The SMILES string of the molecule is OC[C@H]1O[C@H](O[C@H]2O[C@H](CO)[C@@H](O)[C@H](O)[C@H]2O[SiH2]C(O)O)[C@H](O)[C@@H](O)[C@@H]1O. The van der Waals surface area contributed by atoms with Crippen molar-refractivity contribution in [1.82, 2.24) is 0 Å². The molecule has 0 aromatic carbocycles. The molecule has 2 saturated heterocycles. The van der Waals surface area contributed by atoms with Gasteiger partial charge in [-0.3, -0.25) is 0 Å². The fraction of sp³-hybridized carbons (Fsp3) is 1.00. The highest BCUT2D eigenvalue weighted by atomic mass is 28.2. The molecule has 0 radical (unpaired) electrons. The van der Waals surface area contributed by atoms with Crippen LogP contribution in [0.4, 0.5) is 0 Å². The van der Waals surface area contributed by atoms with Crippen LogP contribution in [0.25, 0.3) is 0 Å². The Hall–Kier alpha value is -0.303. The number of ether oxygens (including phenoxy) is 3. The fourth-order valence-electron chi connectivity index (χ4n) is 2.85. The molecule has 14 heteroatoms. The molecule has 10 atom stereocenters. The normalized spacial score (nSPS) is 46.4. The Morgan fingerprint density at radius 1 is 0.741 bits per heavy atom. The molecule has 0 aromatic rings. The lowest BCUT2D eigenvalue weighted by Gasteiger charge is -2.45. The van der Waals surface area contributed by atoms with E-state index in [1.54, 1.807) is 0 Å². The number of hydrogen-bond donors (Lipinski definition) is 9. The molecule has 27 heavy (non-hydrogen) atoms. The lowest BCUT2D eigenvalue weighted by molar-refractivity contribution is -0.374. The molecule has 9 N–H and O–H groups in total. The average Bonchev–Trinajstić information content (AvgIpc) is 2.64. The van der Waals surface area contributed by atoms with Gasteiger partial charge in [-0.15, -0.1) is 0 Å². The third-order valence-corrected chi connectivity index (χ3v) is 5.25. The van der Waals surface area contributed by atoms with Gasteiger partial charge in [0.1, 0.15) is 48.8 Å². The number of aliphatic hydroxyl groups excluding tert-OH is 8. The molecule has 13 nitrogen and oxygen atoms in total. The maximum atomic E-state index is 10.2. The van der Waals surface area contributed by atoms with Gasteiger partial charge in [0.15, 0.2) is 18.5 Å². The van der Waals surface area contributed by atoms with Crippen molar-refractivity contribution in [2.24, 2.45) is 0 Å². The molecule has 0 spiro atoms. The average molecular weight is 418 g/mol. The van der Waals surface area contributed by atoms with Crippen LogP contribution in [0.5, 0.6) is 0 Å². The zero-order valence-electron chi connectivity index (χ0n) is 14.1. The van der Waals surface area contributed by atoms with E-state index in [-0.39, 0.29) is 0 Å². The van der Waals surface area contributed by atoms with Crippen molar-refractivity contribution < 1.29 is 64.6 Å². The van der Waals surface area contributed by atoms with Gasteiger partial charge in [-0.05, 0) is 0 Å². The minimum atomic E-state index is -2.01. The van der Waals surface area contributed by atoms with Crippen LogP contribution < -0.4 is 0 Å². The van der Waals surface area contributed by atoms with Gasteiger partial charge < -0.3 is 64.6 Å². The first-order chi connectivity index (χ1) is 12.7. The van der Waals surface area contributed by atoms with Crippen LogP contribution >= 0.6 is 0 Å². The topological polar surface area (TPSA) is 219 Å². The third kappa shape index (κ3) is 5.20. The third-order valence-electron chi connectivity index (χ3n) is 4.38. The van der Waals surface area contributed by atoms with Crippen molar-refractivity contribution in [3.8, 4) is 0 Å². The summed E-state index contributed by atoms with van der Waals surface area (Å²) in [7, 11) is -2.01. The van der Waals surface area contributed by atoms with Crippen molar-refractivity contribution in [2.75, 3.05) is 13.2 Å². The van der Waals surface area contributed by atoms with Crippen LogP contribution in [-0.2, 0) is 18.6 Å². The van der Waals surface area contributed by atoms with Crippen LogP contribution in [0.3, 0.4) is 0 Å². The Balaban J connectivity index is 2.15. The summed E-state index contributed by atoms with van der Waals surface area (Å²) in [5.74, 6) is -1.77. The van der Waals surface area contributed by atoms with Crippen molar-refractivity contribution >= 4 is 9.76 Å². The smallest absolute Gasteiger partial charge is 0.224 e. The second-order valence-electron chi connectivity index (χ2n) is 6.32. The van der Waals surface area contributed by atoms with Crippen LogP contribution in [0.2, 0.25) is 0 Å². The van der Waals surface area contributed by atoms with Crippen molar-refractivity contribution in [3.05, 3.63) is 0 Å². The molecule has 2 rings (SSSR count). The first-order valence-electron chi connectivity index (χ1n) is 8.27. The fourth-order valence-corrected chi connectivity index (χ4v) is 3.60. The van der Waals surface area contributed by atoms with Crippen LogP contribution in [-0.4, -0.2) is 136 Å². The largest absolute Gasteiger partial charge is 0.408 e. The van der Waals surface area contributed by atoms with Crippen LogP contribution in [0.15, 0.2) is 0 Å². The van der Waals surface area contributed by atoms with E-state index in [1.165, 1.54) is 0 Å². The summed E-state index contributed by atoms with van der Waals surface area (Å²) in [6, 6.07) is 0. The Morgan fingerprint density at radius 3 is 1.78 bits per heavy atom. The van der Waals surface area contributed by atoms with Crippen LogP contribution in [0.1, 0.15) is 0 Å². The van der Waals surface area contributed by atoms with Crippen LogP contribution in [0, 0.1) is 0 Å². The van der Waals surface area contributed by atoms with E-state index < -0.39 is 90.3 Å². The van der Waals surface area contributed by atoms with E-state index in [4.69, 9.17) is 28.8 Å². The minimum Gasteiger partial charge on any atom is -0.408 e. The molecule has 160 valence electrons. The van der Waals surface area contributed by atoms with Gasteiger partial charge in [0.2, 0.25) is 9.76 Å². The van der Waals surface area contributed by atoms with E-state index in [9.17, 15) is 35.7 Å². The van der Waals surface area contributed by atoms with E-state index in [0.717, 1.165) is 0 Å². The highest BCUT2D eigenvalue weighted by molar-refractivity contribution is 6.28. The molecular formula is C13H26O13Si. The van der Waals surface area contributed by atoms with Gasteiger partial charge in [-0.1, -0.05) is 0 Å². The first kappa shape index (κ1) is 23.0. The van der Waals surface area contributed by atoms with E-state index in [0.29, 0.717) is 0 Å². The summed E-state index contributed by atoms with van der Waals surface area (Å²) in [5.41, 5.74) is 0. The van der Waals surface area contributed by atoms with Gasteiger partial charge in [-0.25, -0.2) is 0 Å². The Bertz CT molecular complexity index is 454. The maximum absolute atomic E-state index is 10.2. The highest BCUT2D eigenvalue weighted by Crippen LogP contribution is 2.29. The monoisotopic (exact) mass is 418 g/mol. The van der Waals surface area contributed by atoms with E-state index >= 15 is 0 Å². The zero-order chi connectivity index (χ0) is 20.3. The lowest BCUT2D eigenvalue weighted by Crippen LogP contribution is -2.64. The zero-order valence-corrected chi connectivity index (χ0v) is 15.5. The van der Waals surface area contributed by atoms with E-state index in [2.05, 4.69) is 0 Å². The van der Waals surface area contributed by atoms with Crippen molar-refractivity contribution in [3.63, 3.8) is 0 Å². The lowest BCUT2D eigenvalue weighted by atomic mass is 9.98. The molecule has 0 saturated carbocycles. The molecule has 0 aromatic heterocycles. The van der Waals surface area contributed by atoms with E-state index in [1.807, 2.05) is 0 Å². The minimum absolute atomic E-state index is 0.694. The summed E-state index contributed by atoms with van der Waals surface area (Å²) in [5, 5.41) is 86.2. The number of aliphatic hydroxyl groups is 9. The number of hydrogen-bond acceptors (Lipinski definition) is 13. The molecule has 2 aliphatic heterocycles. The maximum Gasteiger partial charge on any atom is 0.224 e. The summed E-state index contributed by atoms with van der Waals surface area (Å²) >= 11 is 0. The van der Waals surface area contributed by atoms with Crippen molar-refractivity contribution in [1.29, 1.82) is 0 Å². The van der Waals surface area contributed by atoms with Gasteiger partial charge in [0, 0.05) is 0 Å². The van der Waals surface area contributed by atoms with Gasteiger partial charge >= 0.3 is 0 Å². The van der Waals surface area contributed by atoms with Gasteiger partial charge in [-0.2, -0.15) is 0 Å². The van der Waals surface area contributed by atoms with Crippen molar-refractivity contribution in [2.45, 2.75) is 67.3 Å². The second-order valence-corrected chi connectivity index (χ2v) is 7.72. The quantitative estimate of drug-likeness (QED) is 0.139. The molecule has 0 aliphatic carbocycles. The number of rotatable bonds is 7.